The van der Waals surface area contributed by atoms with Gasteiger partial charge in [0.15, 0.2) is 0 Å². The third-order valence-corrected chi connectivity index (χ3v) is 2.82. The molecular formula is C14H17N3O3. The van der Waals surface area contributed by atoms with Gasteiger partial charge in [-0.25, -0.2) is 4.79 Å². The van der Waals surface area contributed by atoms with E-state index in [0.29, 0.717) is 30.0 Å². The molecule has 0 saturated heterocycles. The lowest BCUT2D eigenvalue weighted by Crippen LogP contribution is -2.08. The van der Waals surface area contributed by atoms with Crippen LogP contribution in [0.3, 0.4) is 0 Å². The van der Waals surface area contributed by atoms with Gasteiger partial charge in [-0.05, 0) is 23.8 Å². The number of aryl methyl sites for hydroxylation is 1. The zero-order valence-corrected chi connectivity index (χ0v) is 11.5. The normalized spacial score (nSPS) is 10.3. The summed E-state index contributed by atoms with van der Waals surface area (Å²) in [7, 11) is 3.19. The zero-order chi connectivity index (χ0) is 14.5. The van der Waals surface area contributed by atoms with E-state index in [1.54, 1.807) is 29.1 Å². The van der Waals surface area contributed by atoms with Crippen LogP contribution in [0, 0.1) is 0 Å². The Kier molecular flexibility index (Phi) is 4.24. The lowest BCUT2D eigenvalue weighted by atomic mass is 10.2. The number of aromatic nitrogens is 2. The van der Waals surface area contributed by atoms with Gasteiger partial charge in [-0.1, -0.05) is 0 Å². The van der Waals surface area contributed by atoms with Crippen LogP contribution in [-0.4, -0.2) is 29.5 Å². The van der Waals surface area contributed by atoms with Crippen molar-refractivity contribution >= 4 is 11.7 Å². The molecule has 2 rings (SSSR count). The lowest BCUT2D eigenvalue weighted by Gasteiger charge is -2.10. The van der Waals surface area contributed by atoms with Crippen LogP contribution in [0.15, 0.2) is 30.6 Å². The summed E-state index contributed by atoms with van der Waals surface area (Å²) < 4.78 is 12.1. The first-order valence-electron chi connectivity index (χ1n) is 6.18. The van der Waals surface area contributed by atoms with Crippen LogP contribution in [-0.2, 0) is 18.2 Å². The molecule has 0 amide bonds. The highest BCUT2D eigenvalue weighted by atomic mass is 16.5. The fourth-order valence-electron chi connectivity index (χ4n) is 1.82. The number of nitrogen functional groups attached to an aromatic ring is 1. The molecule has 6 nitrogen and oxygen atoms in total. The Morgan fingerprint density at radius 1 is 1.45 bits per heavy atom. The average Bonchev–Trinajstić information content (AvgIpc) is 2.85. The number of carbonyl (C=O) groups excluding carboxylic acids is 1. The van der Waals surface area contributed by atoms with Crippen LogP contribution >= 0.6 is 0 Å². The van der Waals surface area contributed by atoms with Gasteiger partial charge >= 0.3 is 5.97 Å². The molecule has 0 unspecified atom stereocenters. The maximum Gasteiger partial charge on any atom is 0.341 e. The molecule has 20 heavy (non-hydrogen) atoms. The molecule has 0 aliphatic rings. The number of methoxy groups -OCH3 is 1. The smallest absolute Gasteiger partial charge is 0.341 e. The maximum absolute atomic E-state index is 11.7. The summed E-state index contributed by atoms with van der Waals surface area (Å²) in [5, 5.41) is 4.08. The summed E-state index contributed by atoms with van der Waals surface area (Å²) in [6.07, 6.45) is 4.42. The average molecular weight is 275 g/mol. The van der Waals surface area contributed by atoms with Crippen molar-refractivity contribution in [1.29, 1.82) is 0 Å². The molecule has 0 aliphatic carbocycles. The lowest BCUT2D eigenvalue weighted by molar-refractivity contribution is 0.0596. The van der Waals surface area contributed by atoms with E-state index in [1.165, 1.54) is 7.11 Å². The van der Waals surface area contributed by atoms with Crippen LogP contribution in [0.4, 0.5) is 5.69 Å². The Hall–Kier alpha value is -2.50. The molecule has 1 aromatic carbocycles. The van der Waals surface area contributed by atoms with Crippen molar-refractivity contribution in [3.05, 3.63) is 41.7 Å². The van der Waals surface area contributed by atoms with Gasteiger partial charge < -0.3 is 15.2 Å². The van der Waals surface area contributed by atoms with Crippen LogP contribution in [0.1, 0.15) is 15.9 Å². The van der Waals surface area contributed by atoms with Gasteiger partial charge in [0.25, 0.3) is 0 Å². The quantitative estimate of drug-likeness (QED) is 0.659. The molecule has 2 aromatic rings. The summed E-state index contributed by atoms with van der Waals surface area (Å²) in [6, 6.07) is 4.90. The number of nitrogens with two attached hydrogens (primary N) is 1. The molecule has 0 aliphatic heterocycles. The monoisotopic (exact) mass is 275 g/mol. The fourth-order valence-corrected chi connectivity index (χ4v) is 1.82. The van der Waals surface area contributed by atoms with E-state index in [9.17, 15) is 4.79 Å². The van der Waals surface area contributed by atoms with Crippen molar-refractivity contribution in [2.75, 3.05) is 19.5 Å². The number of benzene rings is 1. The Labute approximate surface area is 117 Å². The predicted octanol–water partition coefficient (Wildman–Crippen LogP) is 1.41. The van der Waals surface area contributed by atoms with Crippen LogP contribution in [0.25, 0.3) is 0 Å². The highest BCUT2D eigenvalue weighted by molar-refractivity contribution is 5.93. The fraction of sp³-hybridized carbons (Fsp3) is 0.286. The van der Waals surface area contributed by atoms with Gasteiger partial charge in [-0.15, -0.1) is 0 Å². The standard InChI is InChI=1S/C14H17N3O3/c1-17-9-10(8-16-17)5-6-20-13-4-3-11(15)7-12(13)14(18)19-2/h3-4,7-9H,5-6,15H2,1-2H3. The van der Waals surface area contributed by atoms with Crippen molar-refractivity contribution in [1.82, 2.24) is 9.78 Å². The summed E-state index contributed by atoms with van der Waals surface area (Å²) in [5.74, 6) is 0.00335. The molecule has 1 aromatic heterocycles. The van der Waals surface area contributed by atoms with Crippen LogP contribution < -0.4 is 10.5 Å². The topological polar surface area (TPSA) is 79.4 Å². The van der Waals surface area contributed by atoms with Crippen molar-refractivity contribution in [3.8, 4) is 5.75 Å². The van der Waals surface area contributed by atoms with Crippen molar-refractivity contribution in [2.45, 2.75) is 6.42 Å². The van der Waals surface area contributed by atoms with E-state index in [-0.39, 0.29) is 0 Å². The Balaban J connectivity index is 2.03. The van der Waals surface area contributed by atoms with Crippen molar-refractivity contribution in [2.24, 2.45) is 7.05 Å². The zero-order valence-electron chi connectivity index (χ0n) is 11.5. The largest absolute Gasteiger partial charge is 0.492 e. The predicted molar refractivity (Wildman–Crippen MR) is 74.6 cm³/mol. The van der Waals surface area contributed by atoms with Gasteiger partial charge in [0.05, 0.1) is 19.9 Å². The van der Waals surface area contributed by atoms with E-state index in [1.807, 2.05) is 13.2 Å². The number of carbonyl (C=O) groups is 1. The number of anilines is 1. The molecule has 6 heteroatoms. The highest BCUT2D eigenvalue weighted by Crippen LogP contribution is 2.22. The first kappa shape index (κ1) is 13.9. The molecule has 0 atom stereocenters. The Morgan fingerprint density at radius 3 is 2.90 bits per heavy atom. The van der Waals surface area contributed by atoms with Gasteiger partial charge in [0, 0.05) is 25.4 Å². The number of esters is 1. The van der Waals surface area contributed by atoms with Crippen molar-refractivity contribution < 1.29 is 14.3 Å². The van der Waals surface area contributed by atoms with Gasteiger partial charge in [0.1, 0.15) is 11.3 Å². The molecule has 0 saturated carbocycles. The van der Waals surface area contributed by atoms with Crippen LogP contribution in [0.5, 0.6) is 5.75 Å². The third-order valence-electron chi connectivity index (χ3n) is 2.82. The second-order valence-electron chi connectivity index (χ2n) is 4.37. The van der Waals surface area contributed by atoms with Gasteiger partial charge in [-0.2, -0.15) is 5.10 Å². The molecule has 1 heterocycles. The van der Waals surface area contributed by atoms with E-state index >= 15 is 0 Å². The van der Waals surface area contributed by atoms with Crippen molar-refractivity contribution in [3.63, 3.8) is 0 Å². The van der Waals surface area contributed by atoms with E-state index < -0.39 is 5.97 Å². The third kappa shape index (κ3) is 3.28. The maximum atomic E-state index is 11.7. The second-order valence-corrected chi connectivity index (χ2v) is 4.37. The van der Waals surface area contributed by atoms with Gasteiger partial charge in [0.2, 0.25) is 0 Å². The molecule has 0 fully saturated rings. The molecule has 0 bridgehead atoms. The van der Waals surface area contributed by atoms with Crippen LogP contribution in [0.2, 0.25) is 0 Å². The van der Waals surface area contributed by atoms with E-state index in [0.717, 1.165) is 5.56 Å². The number of rotatable bonds is 5. The van der Waals surface area contributed by atoms with E-state index in [4.69, 9.17) is 15.2 Å². The Bertz CT molecular complexity index is 607. The summed E-state index contributed by atoms with van der Waals surface area (Å²) in [6.45, 7) is 0.444. The molecule has 106 valence electrons. The number of ether oxygens (including phenoxy) is 2. The first-order chi connectivity index (χ1) is 9.60. The number of nitrogens with zero attached hydrogens (tertiary/aromatic N) is 2. The van der Waals surface area contributed by atoms with Gasteiger partial charge in [-0.3, -0.25) is 4.68 Å². The minimum absolute atomic E-state index is 0.332. The molecule has 0 radical (unpaired) electrons. The summed E-state index contributed by atoms with van der Waals surface area (Å²) in [5.41, 5.74) is 7.56. The first-order valence-corrected chi connectivity index (χ1v) is 6.18. The minimum Gasteiger partial charge on any atom is -0.492 e. The summed E-state index contributed by atoms with van der Waals surface area (Å²) >= 11 is 0. The number of hydrogen-bond acceptors (Lipinski definition) is 5. The van der Waals surface area contributed by atoms with E-state index in [2.05, 4.69) is 5.10 Å². The molecule has 2 N–H and O–H groups in total. The Morgan fingerprint density at radius 2 is 2.25 bits per heavy atom. The SMILES string of the molecule is COC(=O)c1cc(N)ccc1OCCc1cnn(C)c1. The molecule has 0 spiro atoms. The summed E-state index contributed by atoms with van der Waals surface area (Å²) in [4.78, 5) is 11.7. The number of hydrogen-bond donors (Lipinski definition) is 1. The second kappa shape index (κ2) is 6.10. The minimum atomic E-state index is -0.464. The highest BCUT2D eigenvalue weighted by Gasteiger charge is 2.13. The molecular weight excluding hydrogens is 258 g/mol.